The van der Waals surface area contributed by atoms with E-state index in [0.717, 1.165) is 6.26 Å². The molecule has 1 fully saturated rings. The number of hydrogen-bond acceptors (Lipinski definition) is 6. The highest BCUT2D eigenvalue weighted by Crippen LogP contribution is 2.19. The second kappa shape index (κ2) is 6.84. The Balaban J connectivity index is 2.63. The zero-order valence-corrected chi connectivity index (χ0v) is 13.1. The molecule has 0 aliphatic carbocycles. The third kappa shape index (κ3) is 5.35. The average molecular weight is 307 g/mol. The minimum Gasteiger partial charge on any atom is -0.391 e. The average Bonchev–Trinajstić information content (AvgIpc) is 2.64. The molecule has 1 amide bonds. The van der Waals surface area contributed by atoms with Gasteiger partial charge in [-0.05, 0) is 26.9 Å². The van der Waals surface area contributed by atoms with Gasteiger partial charge in [0.25, 0.3) is 0 Å². The quantitative estimate of drug-likeness (QED) is 0.604. The summed E-state index contributed by atoms with van der Waals surface area (Å²) < 4.78 is 22.2. The number of sulfone groups is 1. The summed E-state index contributed by atoms with van der Waals surface area (Å²) in [6.45, 7) is 0.922. The Morgan fingerprint density at radius 3 is 2.60 bits per heavy atom. The van der Waals surface area contributed by atoms with E-state index in [-0.39, 0.29) is 30.7 Å². The van der Waals surface area contributed by atoms with Crippen molar-refractivity contribution in [1.29, 1.82) is 0 Å². The molecule has 0 bridgehead atoms. The van der Waals surface area contributed by atoms with E-state index in [1.807, 2.05) is 19.0 Å². The normalized spacial score (nSPS) is 25.2. The van der Waals surface area contributed by atoms with Crippen LogP contribution in [0, 0.1) is 0 Å². The monoisotopic (exact) mass is 307 g/mol. The van der Waals surface area contributed by atoms with E-state index in [0.29, 0.717) is 13.0 Å². The van der Waals surface area contributed by atoms with Gasteiger partial charge < -0.3 is 20.6 Å². The summed E-state index contributed by atoms with van der Waals surface area (Å²) >= 11 is 0. The molecule has 0 aromatic carbocycles. The summed E-state index contributed by atoms with van der Waals surface area (Å²) in [6.07, 6.45) is 1.23. The number of likely N-dealkylation sites (N-methyl/N-ethyl adjacent to an activating group) is 1. The number of amides is 1. The first kappa shape index (κ1) is 17.4. The molecule has 7 nitrogen and oxygen atoms in total. The molecule has 0 saturated carbocycles. The van der Waals surface area contributed by atoms with Crippen LogP contribution in [0.15, 0.2) is 0 Å². The summed E-state index contributed by atoms with van der Waals surface area (Å²) in [6, 6.07) is -0.906. The number of rotatable bonds is 6. The van der Waals surface area contributed by atoms with Crippen molar-refractivity contribution >= 4 is 15.7 Å². The van der Waals surface area contributed by atoms with Crippen molar-refractivity contribution in [3.8, 4) is 0 Å². The molecule has 0 aromatic rings. The van der Waals surface area contributed by atoms with Crippen LogP contribution in [0.25, 0.3) is 0 Å². The number of hydrogen-bond donors (Lipinski definition) is 2. The lowest BCUT2D eigenvalue weighted by molar-refractivity contribution is -0.134. The molecule has 1 saturated heterocycles. The number of likely N-dealkylation sites (tertiary alicyclic amines) is 1. The molecule has 1 aliphatic heterocycles. The fourth-order valence-electron chi connectivity index (χ4n) is 2.43. The lowest BCUT2D eigenvalue weighted by Gasteiger charge is -2.29. The molecule has 8 heteroatoms. The SMILES string of the molecule is CN(C)CC1CC(O)CN1C(=O)C(N)CCS(C)(=O)=O. The fraction of sp³-hybridized carbons (Fsp3) is 0.917. The highest BCUT2D eigenvalue weighted by atomic mass is 32.2. The molecule has 0 spiro atoms. The van der Waals surface area contributed by atoms with Crippen molar-refractivity contribution in [1.82, 2.24) is 9.80 Å². The van der Waals surface area contributed by atoms with E-state index >= 15 is 0 Å². The Kier molecular flexibility index (Phi) is 5.93. The topological polar surface area (TPSA) is 104 Å². The number of β-amino-alcohol motifs (C(OH)–C–C–N with tert-alkyl or cyclic N) is 1. The largest absolute Gasteiger partial charge is 0.391 e. The molecule has 1 heterocycles. The summed E-state index contributed by atoms with van der Waals surface area (Å²) in [5.74, 6) is -0.383. The lowest BCUT2D eigenvalue weighted by Crippen LogP contribution is -2.49. The van der Waals surface area contributed by atoms with E-state index in [1.54, 1.807) is 4.90 Å². The van der Waals surface area contributed by atoms with Crippen LogP contribution in [-0.2, 0) is 14.6 Å². The van der Waals surface area contributed by atoms with Crippen LogP contribution in [0.3, 0.4) is 0 Å². The second-order valence-corrected chi connectivity index (χ2v) is 8.08. The number of carbonyl (C=O) groups excluding carboxylic acids is 1. The number of nitrogens with zero attached hydrogens (tertiary/aromatic N) is 2. The van der Waals surface area contributed by atoms with Gasteiger partial charge in [-0.3, -0.25) is 4.79 Å². The first-order chi connectivity index (χ1) is 9.10. The highest BCUT2D eigenvalue weighted by molar-refractivity contribution is 7.90. The number of aliphatic hydroxyl groups is 1. The van der Waals surface area contributed by atoms with Crippen molar-refractivity contribution in [2.45, 2.75) is 31.0 Å². The number of nitrogens with two attached hydrogens (primary N) is 1. The summed E-state index contributed by atoms with van der Waals surface area (Å²) in [5, 5.41) is 9.72. The van der Waals surface area contributed by atoms with Gasteiger partial charge in [0.2, 0.25) is 5.91 Å². The Labute approximate surface area is 120 Å². The third-order valence-corrected chi connectivity index (χ3v) is 4.35. The maximum atomic E-state index is 12.3. The Morgan fingerprint density at radius 2 is 2.10 bits per heavy atom. The van der Waals surface area contributed by atoms with Crippen LogP contribution in [0.1, 0.15) is 12.8 Å². The standard InChI is InChI=1S/C12H25N3O4S/c1-14(2)7-9-6-10(16)8-15(9)12(17)11(13)4-5-20(3,18)19/h9-11,16H,4-8,13H2,1-3H3. The molecular weight excluding hydrogens is 282 g/mol. The van der Waals surface area contributed by atoms with Crippen LogP contribution in [0.5, 0.6) is 0 Å². The van der Waals surface area contributed by atoms with Crippen LogP contribution < -0.4 is 5.73 Å². The second-order valence-electron chi connectivity index (χ2n) is 5.82. The predicted molar refractivity (Wildman–Crippen MR) is 77.0 cm³/mol. The molecule has 1 rings (SSSR count). The van der Waals surface area contributed by atoms with Gasteiger partial charge in [-0.2, -0.15) is 0 Å². The molecule has 0 aromatic heterocycles. The van der Waals surface area contributed by atoms with E-state index in [9.17, 15) is 18.3 Å². The number of carbonyl (C=O) groups is 1. The first-order valence-electron chi connectivity index (χ1n) is 6.66. The number of aliphatic hydroxyl groups excluding tert-OH is 1. The maximum absolute atomic E-state index is 12.3. The summed E-state index contributed by atoms with van der Waals surface area (Å²) in [7, 11) is 0.672. The lowest BCUT2D eigenvalue weighted by atomic mass is 10.1. The Bertz CT molecular complexity index is 438. The van der Waals surface area contributed by atoms with Crippen molar-refractivity contribution in [2.24, 2.45) is 5.73 Å². The smallest absolute Gasteiger partial charge is 0.239 e. The van der Waals surface area contributed by atoms with E-state index in [4.69, 9.17) is 5.73 Å². The zero-order chi connectivity index (χ0) is 15.5. The van der Waals surface area contributed by atoms with Gasteiger partial charge in [-0.15, -0.1) is 0 Å². The summed E-state index contributed by atoms with van der Waals surface area (Å²) in [4.78, 5) is 15.8. The first-order valence-corrected chi connectivity index (χ1v) is 8.73. The van der Waals surface area contributed by atoms with E-state index in [1.165, 1.54) is 0 Å². The van der Waals surface area contributed by atoms with E-state index < -0.39 is 22.0 Å². The van der Waals surface area contributed by atoms with E-state index in [2.05, 4.69) is 0 Å². The van der Waals surface area contributed by atoms with Gasteiger partial charge in [0.15, 0.2) is 0 Å². The third-order valence-electron chi connectivity index (χ3n) is 3.37. The summed E-state index contributed by atoms with van der Waals surface area (Å²) in [5.41, 5.74) is 5.79. The van der Waals surface area contributed by atoms with Crippen LogP contribution in [-0.4, -0.2) is 86.6 Å². The van der Waals surface area contributed by atoms with Crippen molar-refractivity contribution in [3.63, 3.8) is 0 Å². The minimum atomic E-state index is -3.13. The molecule has 20 heavy (non-hydrogen) atoms. The van der Waals surface area contributed by atoms with Crippen LogP contribution in [0.2, 0.25) is 0 Å². The van der Waals surface area contributed by atoms with Crippen molar-refractivity contribution < 1.29 is 18.3 Å². The molecule has 3 atom stereocenters. The Morgan fingerprint density at radius 1 is 1.50 bits per heavy atom. The minimum absolute atomic E-state index is 0.0724. The van der Waals surface area contributed by atoms with Gasteiger partial charge in [0.05, 0.1) is 17.9 Å². The predicted octanol–water partition coefficient (Wildman–Crippen LogP) is -1.73. The molecular formula is C12H25N3O4S. The van der Waals surface area contributed by atoms with Gasteiger partial charge >= 0.3 is 0 Å². The molecule has 1 aliphatic rings. The van der Waals surface area contributed by atoms with Crippen molar-refractivity contribution in [2.75, 3.05) is 39.2 Å². The van der Waals surface area contributed by atoms with Gasteiger partial charge in [0, 0.05) is 25.4 Å². The van der Waals surface area contributed by atoms with Gasteiger partial charge in [-0.1, -0.05) is 0 Å². The van der Waals surface area contributed by atoms with Crippen LogP contribution >= 0.6 is 0 Å². The maximum Gasteiger partial charge on any atom is 0.239 e. The molecule has 3 unspecified atom stereocenters. The molecule has 118 valence electrons. The fourth-order valence-corrected chi connectivity index (χ4v) is 3.12. The Hall–Kier alpha value is -0.700. The molecule has 0 radical (unpaired) electrons. The van der Waals surface area contributed by atoms with Crippen LogP contribution in [0.4, 0.5) is 0 Å². The van der Waals surface area contributed by atoms with Gasteiger partial charge in [0.1, 0.15) is 9.84 Å². The molecule has 3 N–H and O–H groups in total. The van der Waals surface area contributed by atoms with Crippen molar-refractivity contribution in [3.05, 3.63) is 0 Å². The van der Waals surface area contributed by atoms with Gasteiger partial charge in [-0.25, -0.2) is 8.42 Å². The highest BCUT2D eigenvalue weighted by Gasteiger charge is 2.36. The zero-order valence-electron chi connectivity index (χ0n) is 12.3.